The second-order valence-electron chi connectivity index (χ2n) is 4.20. The minimum Gasteiger partial charge on any atom is -0.396 e. The summed E-state index contributed by atoms with van der Waals surface area (Å²) in [5, 5.41) is 9.02. The third-order valence-corrected chi connectivity index (χ3v) is 3.04. The fraction of sp³-hybridized carbons (Fsp3) is 0.538. The first kappa shape index (κ1) is 11.6. The third-order valence-electron chi connectivity index (χ3n) is 3.04. The minimum atomic E-state index is 0.235. The number of hydrogen-bond donors (Lipinski definition) is 1. The molecule has 1 fully saturated rings. The van der Waals surface area contributed by atoms with Crippen molar-refractivity contribution in [2.75, 3.05) is 26.4 Å². The van der Waals surface area contributed by atoms with Gasteiger partial charge in [-0.05, 0) is 12.0 Å². The Balaban J connectivity index is 1.96. The van der Waals surface area contributed by atoms with Crippen molar-refractivity contribution < 1.29 is 9.84 Å². The van der Waals surface area contributed by atoms with Crippen molar-refractivity contribution in [1.82, 2.24) is 4.90 Å². The Morgan fingerprint density at radius 2 is 2.12 bits per heavy atom. The van der Waals surface area contributed by atoms with Gasteiger partial charge in [0.2, 0.25) is 0 Å². The zero-order valence-electron chi connectivity index (χ0n) is 9.51. The lowest BCUT2D eigenvalue weighted by Crippen LogP contribution is -2.45. The summed E-state index contributed by atoms with van der Waals surface area (Å²) in [6, 6.07) is 10.8. The van der Waals surface area contributed by atoms with Crippen LogP contribution in [0.4, 0.5) is 0 Å². The second kappa shape index (κ2) is 5.99. The molecule has 0 amide bonds. The molecular weight excluding hydrogens is 202 g/mol. The summed E-state index contributed by atoms with van der Waals surface area (Å²) >= 11 is 0. The molecule has 1 aliphatic heterocycles. The van der Waals surface area contributed by atoms with Crippen LogP contribution >= 0.6 is 0 Å². The molecule has 1 atom stereocenters. The first-order valence-electron chi connectivity index (χ1n) is 5.86. The topological polar surface area (TPSA) is 32.7 Å². The average Bonchev–Trinajstić information content (AvgIpc) is 2.33. The van der Waals surface area contributed by atoms with Crippen LogP contribution < -0.4 is 0 Å². The molecule has 0 spiro atoms. The zero-order chi connectivity index (χ0) is 11.2. The van der Waals surface area contributed by atoms with Gasteiger partial charge in [0.15, 0.2) is 0 Å². The maximum atomic E-state index is 9.02. The van der Waals surface area contributed by atoms with Crippen molar-refractivity contribution in [3.05, 3.63) is 35.9 Å². The van der Waals surface area contributed by atoms with E-state index in [2.05, 4.69) is 29.2 Å². The zero-order valence-corrected chi connectivity index (χ0v) is 9.51. The number of rotatable bonds is 4. The Kier molecular flexibility index (Phi) is 4.34. The molecule has 0 saturated carbocycles. The van der Waals surface area contributed by atoms with Crippen molar-refractivity contribution in [3.63, 3.8) is 0 Å². The van der Waals surface area contributed by atoms with Crippen molar-refractivity contribution in [3.8, 4) is 0 Å². The van der Waals surface area contributed by atoms with Crippen LogP contribution in [0.2, 0.25) is 0 Å². The summed E-state index contributed by atoms with van der Waals surface area (Å²) in [5.41, 5.74) is 1.33. The molecule has 0 aliphatic carbocycles. The summed E-state index contributed by atoms with van der Waals surface area (Å²) in [6.07, 6.45) is 0.798. The number of morpholine rings is 1. The summed E-state index contributed by atoms with van der Waals surface area (Å²) in [6.45, 7) is 3.69. The van der Waals surface area contributed by atoms with E-state index in [1.54, 1.807) is 0 Å². The van der Waals surface area contributed by atoms with Gasteiger partial charge in [-0.3, -0.25) is 4.90 Å². The molecule has 1 aliphatic rings. The van der Waals surface area contributed by atoms with E-state index in [1.165, 1.54) is 5.56 Å². The van der Waals surface area contributed by atoms with Crippen LogP contribution in [0.5, 0.6) is 0 Å². The number of nitrogens with zero attached hydrogens (tertiary/aromatic N) is 1. The summed E-state index contributed by atoms with van der Waals surface area (Å²) < 4.78 is 5.45. The molecule has 2 rings (SSSR count). The maximum Gasteiger partial charge on any atom is 0.0623 e. The third kappa shape index (κ3) is 3.04. The molecule has 3 heteroatoms. The second-order valence-corrected chi connectivity index (χ2v) is 4.20. The Morgan fingerprint density at radius 1 is 1.31 bits per heavy atom. The van der Waals surface area contributed by atoms with E-state index >= 15 is 0 Å². The summed E-state index contributed by atoms with van der Waals surface area (Å²) in [5.74, 6) is 0. The van der Waals surface area contributed by atoms with Gasteiger partial charge in [0.1, 0.15) is 0 Å². The maximum absolute atomic E-state index is 9.02. The Labute approximate surface area is 96.6 Å². The average molecular weight is 221 g/mol. The summed E-state index contributed by atoms with van der Waals surface area (Å²) in [4.78, 5) is 2.40. The molecule has 1 heterocycles. The van der Waals surface area contributed by atoms with E-state index in [-0.39, 0.29) is 6.61 Å². The highest BCUT2D eigenvalue weighted by atomic mass is 16.5. The lowest BCUT2D eigenvalue weighted by atomic mass is 10.1. The Morgan fingerprint density at radius 3 is 2.88 bits per heavy atom. The monoisotopic (exact) mass is 221 g/mol. The fourth-order valence-electron chi connectivity index (χ4n) is 2.13. The largest absolute Gasteiger partial charge is 0.396 e. The predicted molar refractivity (Wildman–Crippen MR) is 63.2 cm³/mol. The lowest BCUT2D eigenvalue weighted by Gasteiger charge is -2.35. The van der Waals surface area contributed by atoms with Crippen LogP contribution in [-0.2, 0) is 11.3 Å². The van der Waals surface area contributed by atoms with Gasteiger partial charge >= 0.3 is 0 Å². The number of hydrogen-bond acceptors (Lipinski definition) is 3. The molecular formula is C13H19NO2. The highest BCUT2D eigenvalue weighted by molar-refractivity contribution is 5.14. The van der Waals surface area contributed by atoms with Crippen LogP contribution in [0.1, 0.15) is 12.0 Å². The number of aliphatic hydroxyl groups is 1. The van der Waals surface area contributed by atoms with E-state index in [1.807, 2.05) is 6.07 Å². The van der Waals surface area contributed by atoms with Gasteiger partial charge < -0.3 is 9.84 Å². The number of benzene rings is 1. The number of ether oxygens (including phenoxy) is 1. The van der Waals surface area contributed by atoms with E-state index in [4.69, 9.17) is 9.84 Å². The molecule has 0 aromatic heterocycles. The SMILES string of the molecule is OCC[C@H]1COCCN1Cc1ccccc1. The van der Waals surface area contributed by atoms with Crippen molar-refractivity contribution in [1.29, 1.82) is 0 Å². The van der Waals surface area contributed by atoms with Crippen molar-refractivity contribution in [2.45, 2.75) is 19.0 Å². The molecule has 1 saturated heterocycles. The fourth-order valence-corrected chi connectivity index (χ4v) is 2.13. The molecule has 3 nitrogen and oxygen atoms in total. The van der Waals surface area contributed by atoms with Crippen LogP contribution in [-0.4, -0.2) is 42.4 Å². The van der Waals surface area contributed by atoms with Crippen LogP contribution in [0.25, 0.3) is 0 Å². The van der Waals surface area contributed by atoms with Crippen molar-refractivity contribution in [2.24, 2.45) is 0 Å². The molecule has 0 radical (unpaired) electrons. The van der Waals surface area contributed by atoms with Crippen molar-refractivity contribution >= 4 is 0 Å². The van der Waals surface area contributed by atoms with Crippen LogP contribution in [0, 0.1) is 0 Å². The molecule has 1 N–H and O–H groups in total. The summed E-state index contributed by atoms with van der Waals surface area (Å²) in [7, 11) is 0. The Hall–Kier alpha value is -0.900. The Bertz CT molecular complexity index is 300. The van der Waals surface area contributed by atoms with Gasteiger partial charge in [-0.2, -0.15) is 0 Å². The molecule has 1 aromatic rings. The quantitative estimate of drug-likeness (QED) is 0.831. The van der Waals surface area contributed by atoms with Gasteiger partial charge in [-0.25, -0.2) is 0 Å². The molecule has 0 bridgehead atoms. The molecule has 0 unspecified atom stereocenters. The molecule has 1 aromatic carbocycles. The normalized spacial score (nSPS) is 22.2. The highest BCUT2D eigenvalue weighted by Crippen LogP contribution is 2.14. The first-order valence-corrected chi connectivity index (χ1v) is 5.86. The van der Waals surface area contributed by atoms with E-state index < -0.39 is 0 Å². The minimum absolute atomic E-state index is 0.235. The van der Waals surface area contributed by atoms with Crippen LogP contribution in [0.3, 0.4) is 0 Å². The van der Waals surface area contributed by atoms with E-state index in [9.17, 15) is 0 Å². The lowest BCUT2D eigenvalue weighted by molar-refractivity contribution is -0.0195. The smallest absolute Gasteiger partial charge is 0.0623 e. The van der Waals surface area contributed by atoms with E-state index in [0.29, 0.717) is 6.04 Å². The highest BCUT2D eigenvalue weighted by Gasteiger charge is 2.22. The molecule has 16 heavy (non-hydrogen) atoms. The van der Waals surface area contributed by atoms with Crippen LogP contribution in [0.15, 0.2) is 30.3 Å². The standard InChI is InChI=1S/C13H19NO2/c15-8-6-13-11-16-9-7-14(13)10-12-4-2-1-3-5-12/h1-5,13,15H,6-11H2/t13-/m0/s1. The van der Waals surface area contributed by atoms with E-state index in [0.717, 1.165) is 32.7 Å². The van der Waals surface area contributed by atoms with Gasteiger partial charge in [0, 0.05) is 25.7 Å². The van der Waals surface area contributed by atoms with Gasteiger partial charge in [-0.1, -0.05) is 30.3 Å². The number of aliphatic hydroxyl groups excluding tert-OH is 1. The predicted octanol–water partition coefficient (Wildman–Crippen LogP) is 1.27. The van der Waals surface area contributed by atoms with Gasteiger partial charge in [-0.15, -0.1) is 0 Å². The first-order chi connectivity index (χ1) is 7.90. The van der Waals surface area contributed by atoms with Gasteiger partial charge in [0.25, 0.3) is 0 Å². The molecule has 88 valence electrons. The van der Waals surface area contributed by atoms with Gasteiger partial charge in [0.05, 0.1) is 13.2 Å².